The van der Waals surface area contributed by atoms with Gasteiger partial charge >= 0.3 is 0 Å². The second kappa shape index (κ2) is 2.22. The van der Waals surface area contributed by atoms with E-state index in [0.717, 1.165) is 6.42 Å². The lowest BCUT2D eigenvalue weighted by Crippen LogP contribution is -2.12. The summed E-state index contributed by atoms with van der Waals surface area (Å²) in [7, 11) is 0. The summed E-state index contributed by atoms with van der Waals surface area (Å²) in [5.41, 5.74) is 0.671. The van der Waals surface area contributed by atoms with Crippen molar-refractivity contribution in [3.63, 3.8) is 0 Å². The smallest absolute Gasteiger partial charge is 0.0576 e. The number of aliphatic hydroxyl groups is 1. The fourth-order valence-electron chi connectivity index (χ4n) is 2.45. The number of hydrogen-bond acceptors (Lipinski definition) is 1. The third kappa shape index (κ3) is 1.01. The quantitative estimate of drug-likeness (QED) is 0.651. The van der Waals surface area contributed by atoms with E-state index in [1.54, 1.807) is 0 Å². The molecular weight excluding hydrogens is 136 g/mol. The Bertz CT molecular complexity index is 144. The van der Waals surface area contributed by atoms with Gasteiger partial charge in [0.2, 0.25) is 0 Å². The van der Waals surface area contributed by atoms with Crippen LogP contribution < -0.4 is 0 Å². The van der Waals surface area contributed by atoms with Crippen LogP contribution >= 0.6 is 0 Å². The molecular formula is C10H20O. The summed E-state index contributed by atoms with van der Waals surface area (Å²) in [6, 6.07) is 0. The van der Waals surface area contributed by atoms with Crippen LogP contribution in [0.5, 0.6) is 0 Å². The second-order valence-electron chi connectivity index (χ2n) is 4.90. The molecule has 1 atom stereocenters. The third-order valence-corrected chi connectivity index (χ3v) is 3.94. The minimum absolute atomic E-state index is 0.0972. The van der Waals surface area contributed by atoms with Gasteiger partial charge in [-0.05, 0) is 23.2 Å². The van der Waals surface area contributed by atoms with Gasteiger partial charge in [0.1, 0.15) is 0 Å². The summed E-state index contributed by atoms with van der Waals surface area (Å²) in [6.07, 6.45) is 0.789. The van der Waals surface area contributed by atoms with Crippen LogP contribution in [0.25, 0.3) is 0 Å². The minimum Gasteiger partial charge on any atom is -0.393 e. The van der Waals surface area contributed by atoms with E-state index in [2.05, 4.69) is 34.6 Å². The SMILES string of the molecule is CCC(O)C1C(C)(C)C1(C)C. The fourth-order valence-corrected chi connectivity index (χ4v) is 2.45. The van der Waals surface area contributed by atoms with Gasteiger partial charge in [0.05, 0.1) is 6.10 Å². The highest BCUT2D eigenvalue weighted by Crippen LogP contribution is 2.69. The Balaban J connectivity index is 2.67. The molecule has 0 saturated heterocycles. The van der Waals surface area contributed by atoms with Crippen LogP contribution in [-0.4, -0.2) is 11.2 Å². The topological polar surface area (TPSA) is 20.2 Å². The average Bonchev–Trinajstić information content (AvgIpc) is 2.24. The standard InChI is InChI=1S/C10H20O/c1-6-7(11)8-9(2,3)10(8,4)5/h7-8,11H,6H2,1-5H3. The van der Waals surface area contributed by atoms with Gasteiger partial charge in [0, 0.05) is 0 Å². The van der Waals surface area contributed by atoms with Gasteiger partial charge in [-0.3, -0.25) is 0 Å². The van der Waals surface area contributed by atoms with Gasteiger partial charge in [0.15, 0.2) is 0 Å². The third-order valence-electron chi connectivity index (χ3n) is 3.94. The highest BCUT2D eigenvalue weighted by atomic mass is 16.3. The maximum atomic E-state index is 9.67. The Hall–Kier alpha value is -0.0400. The Morgan fingerprint density at radius 2 is 1.55 bits per heavy atom. The van der Waals surface area contributed by atoms with Crippen LogP contribution in [0.4, 0.5) is 0 Å². The molecule has 1 unspecified atom stereocenters. The van der Waals surface area contributed by atoms with Gasteiger partial charge in [-0.2, -0.15) is 0 Å². The van der Waals surface area contributed by atoms with E-state index < -0.39 is 0 Å². The van der Waals surface area contributed by atoms with Gasteiger partial charge in [-0.15, -0.1) is 0 Å². The van der Waals surface area contributed by atoms with Crippen molar-refractivity contribution in [2.75, 3.05) is 0 Å². The Morgan fingerprint density at radius 3 is 1.64 bits per heavy atom. The summed E-state index contributed by atoms with van der Waals surface area (Å²) in [5.74, 6) is 0.500. The lowest BCUT2D eigenvalue weighted by atomic mass is 10.0. The normalized spacial score (nSPS) is 30.0. The molecule has 1 aliphatic carbocycles. The molecule has 0 aliphatic heterocycles. The monoisotopic (exact) mass is 156 g/mol. The van der Waals surface area contributed by atoms with Crippen molar-refractivity contribution in [1.82, 2.24) is 0 Å². The van der Waals surface area contributed by atoms with E-state index >= 15 is 0 Å². The van der Waals surface area contributed by atoms with Crippen molar-refractivity contribution >= 4 is 0 Å². The molecule has 1 saturated carbocycles. The summed E-state index contributed by atoms with van der Waals surface area (Å²) >= 11 is 0. The molecule has 0 aromatic carbocycles. The molecule has 0 spiro atoms. The predicted octanol–water partition coefficient (Wildman–Crippen LogP) is 2.44. The molecule has 0 heterocycles. The zero-order valence-corrected chi connectivity index (χ0v) is 8.31. The van der Waals surface area contributed by atoms with Crippen molar-refractivity contribution in [2.45, 2.75) is 47.1 Å². The van der Waals surface area contributed by atoms with E-state index in [9.17, 15) is 5.11 Å². The lowest BCUT2D eigenvalue weighted by Gasteiger charge is -2.08. The van der Waals surface area contributed by atoms with Gasteiger partial charge in [0.25, 0.3) is 0 Å². The molecule has 66 valence electrons. The van der Waals surface area contributed by atoms with Crippen molar-refractivity contribution in [1.29, 1.82) is 0 Å². The van der Waals surface area contributed by atoms with Gasteiger partial charge < -0.3 is 5.11 Å². The van der Waals surface area contributed by atoms with Crippen molar-refractivity contribution in [3.8, 4) is 0 Å². The first-order chi connectivity index (χ1) is 4.85. The van der Waals surface area contributed by atoms with Gasteiger partial charge in [-0.25, -0.2) is 0 Å². The Labute approximate surface area is 69.8 Å². The summed E-state index contributed by atoms with van der Waals surface area (Å²) in [6.45, 7) is 11.0. The predicted molar refractivity (Wildman–Crippen MR) is 47.3 cm³/mol. The highest BCUT2D eigenvalue weighted by Gasteiger charge is 2.66. The summed E-state index contributed by atoms with van der Waals surface area (Å²) in [5, 5.41) is 9.67. The van der Waals surface area contributed by atoms with E-state index in [1.807, 2.05) is 0 Å². The number of rotatable bonds is 2. The van der Waals surface area contributed by atoms with E-state index in [4.69, 9.17) is 0 Å². The van der Waals surface area contributed by atoms with Crippen molar-refractivity contribution in [3.05, 3.63) is 0 Å². The van der Waals surface area contributed by atoms with Crippen LogP contribution in [-0.2, 0) is 0 Å². The molecule has 0 aromatic rings. The maximum Gasteiger partial charge on any atom is 0.0576 e. The zero-order valence-electron chi connectivity index (χ0n) is 8.31. The van der Waals surface area contributed by atoms with Crippen LogP contribution in [0.3, 0.4) is 0 Å². The van der Waals surface area contributed by atoms with Crippen LogP contribution in [0, 0.1) is 16.7 Å². The first kappa shape index (κ1) is 9.05. The van der Waals surface area contributed by atoms with Crippen LogP contribution in [0.15, 0.2) is 0 Å². The Kier molecular flexibility index (Phi) is 1.83. The van der Waals surface area contributed by atoms with Crippen LogP contribution in [0.1, 0.15) is 41.0 Å². The molecule has 1 heteroatoms. The van der Waals surface area contributed by atoms with Gasteiger partial charge in [-0.1, -0.05) is 34.6 Å². The molecule has 1 N–H and O–H groups in total. The molecule has 0 aromatic heterocycles. The lowest BCUT2D eigenvalue weighted by molar-refractivity contribution is 0.125. The molecule has 1 aliphatic rings. The number of aliphatic hydroxyl groups excluding tert-OH is 1. The van der Waals surface area contributed by atoms with E-state index in [1.165, 1.54) is 0 Å². The zero-order chi connectivity index (χ0) is 8.86. The molecule has 1 rings (SSSR count). The Morgan fingerprint density at radius 1 is 1.18 bits per heavy atom. The number of hydrogen-bond donors (Lipinski definition) is 1. The highest BCUT2D eigenvalue weighted by molar-refractivity contribution is 5.14. The fraction of sp³-hybridized carbons (Fsp3) is 1.00. The van der Waals surface area contributed by atoms with E-state index in [-0.39, 0.29) is 6.10 Å². The first-order valence-electron chi connectivity index (χ1n) is 4.53. The van der Waals surface area contributed by atoms with Crippen molar-refractivity contribution in [2.24, 2.45) is 16.7 Å². The minimum atomic E-state index is -0.0972. The first-order valence-corrected chi connectivity index (χ1v) is 4.53. The largest absolute Gasteiger partial charge is 0.393 e. The maximum absolute atomic E-state index is 9.67. The molecule has 1 nitrogen and oxygen atoms in total. The molecule has 0 bridgehead atoms. The molecule has 11 heavy (non-hydrogen) atoms. The average molecular weight is 156 g/mol. The summed E-state index contributed by atoms with van der Waals surface area (Å²) in [4.78, 5) is 0. The molecule has 0 radical (unpaired) electrons. The van der Waals surface area contributed by atoms with Crippen molar-refractivity contribution < 1.29 is 5.11 Å². The van der Waals surface area contributed by atoms with E-state index in [0.29, 0.717) is 16.7 Å². The second-order valence-corrected chi connectivity index (χ2v) is 4.90. The summed E-state index contributed by atoms with van der Waals surface area (Å²) < 4.78 is 0. The van der Waals surface area contributed by atoms with Crippen LogP contribution in [0.2, 0.25) is 0 Å². The molecule has 1 fully saturated rings. The molecule has 0 amide bonds.